The summed E-state index contributed by atoms with van der Waals surface area (Å²) < 4.78 is 18.8. The molecule has 1 aliphatic rings. The van der Waals surface area contributed by atoms with E-state index in [2.05, 4.69) is 27.4 Å². The Morgan fingerprint density at radius 1 is 1.40 bits per heavy atom. The second-order valence-corrected chi connectivity index (χ2v) is 6.44. The number of hydrogen-bond acceptors (Lipinski definition) is 5. The van der Waals surface area contributed by atoms with Gasteiger partial charge in [-0.1, -0.05) is 23.7 Å². The van der Waals surface area contributed by atoms with Crippen molar-refractivity contribution < 1.29 is 13.7 Å². The number of carbonyl (C=O) groups excluding carboxylic acids is 1. The largest absolute Gasteiger partial charge is 0.347 e. The molecule has 1 fully saturated rings. The van der Waals surface area contributed by atoms with E-state index in [4.69, 9.17) is 4.52 Å². The molecule has 134 valence electrons. The highest BCUT2D eigenvalue weighted by molar-refractivity contribution is 5.75. The first-order chi connectivity index (χ1) is 12.1. The van der Waals surface area contributed by atoms with E-state index < -0.39 is 5.82 Å². The summed E-state index contributed by atoms with van der Waals surface area (Å²) >= 11 is 0. The fraction of sp³-hybridized carbons (Fsp3) is 0.500. The molecule has 25 heavy (non-hydrogen) atoms. The standard InChI is InChI=1S/C18H23FN4O2/c1-23-11-5-4-6-13(23)9-10-16(24)20-12-17-21-18(22-25-17)14-7-2-3-8-15(14)19/h2-3,7-8,13H,4-6,9-12H2,1H3,(H,20,24). The minimum atomic E-state index is -0.407. The van der Waals surface area contributed by atoms with E-state index in [0.29, 0.717) is 12.5 Å². The number of aromatic nitrogens is 2. The third-order valence-electron chi connectivity index (χ3n) is 4.65. The van der Waals surface area contributed by atoms with E-state index in [1.54, 1.807) is 18.2 Å². The van der Waals surface area contributed by atoms with Gasteiger partial charge in [-0.3, -0.25) is 4.79 Å². The van der Waals surface area contributed by atoms with Crippen LogP contribution in [0.4, 0.5) is 4.39 Å². The Hall–Kier alpha value is -2.28. The van der Waals surface area contributed by atoms with Gasteiger partial charge in [-0.05, 0) is 45.0 Å². The molecule has 0 spiro atoms. The lowest BCUT2D eigenvalue weighted by Crippen LogP contribution is -2.37. The van der Waals surface area contributed by atoms with Crippen LogP contribution >= 0.6 is 0 Å². The van der Waals surface area contributed by atoms with Gasteiger partial charge >= 0.3 is 0 Å². The number of benzene rings is 1. The van der Waals surface area contributed by atoms with Crippen molar-refractivity contribution in [1.82, 2.24) is 20.4 Å². The second kappa shape index (κ2) is 8.20. The Balaban J connectivity index is 1.47. The summed E-state index contributed by atoms with van der Waals surface area (Å²) in [5.41, 5.74) is 0.282. The summed E-state index contributed by atoms with van der Waals surface area (Å²) in [6.07, 6.45) is 4.95. The maximum atomic E-state index is 13.7. The zero-order chi connectivity index (χ0) is 17.6. The Bertz CT molecular complexity index is 719. The zero-order valence-electron chi connectivity index (χ0n) is 14.4. The average Bonchev–Trinajstić information content (AvgIpc) is 3.08. The highest BCUT2D eigenvalue weighted by Crippen LogP contribution is 2.20. The predicted octanol–water partition coefficient (Wildman–Crippen LogP) is 2.76. The van der Waals surface area contributed by atoms with Gasteiger partial charge in [-0.25, -0.2) is 4.39 Å². The van der Waals surface area contributed by atoms with Crippen LogP contribution in [0.3, 0.4) is 0 Å². The van der Waals surface area contributed by atoms with Crippen LogP contribution in [0.25, 0.3) is 11.4 Å². The molecule has 1 unspecified atom stereocenters. The first-order valence-electron chi connectivity index (χ1n) is 8.68. The Morgan fingerprint density at radius 3 is 3.04 bits per heavy atom. The van der Waals surface area contributed by atoms with E-state index >= 15 is 0 Å². The van der Waals surface area contributed by atoms with Crippen LogP contribution < -0.4 is 5.32 Å². The van der Waals surface area contributed by atoms with Crippen molar-refractivity contribution in [2.75, 3.05) is 13.6 Å². The number of hydrogen-bond donors (Lipinski definition) is 1. The summed E-state index contributed by atoms with van der Waals surface area (Å²) in [5.74, 6) is 0.00710. The molecule has 1 atom stereocenters. The van der Waals surface area contributed by atoms with Gasteiger partial charge in [0.05, 0.1) is 12.1 Å². The molecular weight excluding hydrogens is 323 g/mol. The molecule has 1 saturated heterocycles. The molecule has 1 aromatic heterocycles. The lowest BCUT2D eigenvalue weighted by atomic mass is 9.98. The molecule has 0 saturated carbocycles. The molecule has 7 heteroatoms. The highest BCUT2D eigenvalue weighted by atomic mass is 19.1. The zero-order valence-corrected chi connectivity index (χ0v) is 14.4. The van der Waals surface area contributed by atoms with Crippen LogP contribution in [0, 0.1) is 5.82 Å². The Labute approximate surface area is 146 Å². The summed E-state index contributed by atoms with van der Waals surface area (Å²) in [7, 11) is 2.12. The molecule has 1 N–H and O–H groups in total. The van der Waals surface area contributed by atoms with Gasteiger partial charge < -0.3 is 14.7 Å². The van der Waals surface area contributed by atoms with Crippen molar-refractivity contribution in [3.8, 4) is 11.4 Å². The maximum absolute atomic E-state index is 13.7. The fourth-order valence-electron chi connectivity index (χ4n) is 3.15. The number of nitrogens with zero attached hydrogens (tertiary/aromatic N) is 3. The minimum absolute atomic E-state index is 0.0374. The molecule has 1 aromatic carbocycles. The SMILES string of the molecule is CN1CCCCC1CCC(=O)NCc1nc(-c2ccccc2F)no1. The summed E-state index contributed by atoms with van der Waals surface area (Å²) in [6.45, 7) is 1.26. The number of likely N-dealkylation sites (tertiary alicyclic amines) is 1. The van der Waals surface area contributed by atoms with E-state index in [1.807, 2.05) is 0 Å². The number of rotatable bonds is 6. The molecule has 2 aromatic rings. The molecule has 0 bridgehead atoms. The van der Waals surface area contributed by atoms with E-state index in [1.165, 1.54) is 18.9 Å². The average molecular weight is 346 g/mol. The van der Waals surface area contributed by atoms with Gasteiger partial charge in [-0.2, -0.15) is 4.98 Å². The first kappa shape index (κ1) is 17.5. The first-order valence-corrected chi connectivity index (χ1v) is 8.68. The monoisotopic (exact) mass is 346 g/mol. The van der Waals surface area contributed by atoms with Crippen molar-refractivity contribution in [2.24, 2.45) is 0 Å². The van der Waals surface area contributed by atoms with Crippen LogP contribution in [-0.4, -0.2) is 40.6 Å². The quantitative estimate of drug-likeness (QED) is 0.871. The Morgan fingerprint density at radius 2 is 2.24 bits per heavy atom. The van der Waals surface area contributed by atoms with Crippen LogP contribution in [-0.2, 0) is 11.3 Å². The summed E-state index contributed by atoms with van der Waals surface area (Å²) in [5, 5.41) is 6.56. The van der Waals surface area contributed by atoms with Crippen LogP contribution in [0.1, 0.15) is 38.0 Å². The summed E-state index contributed by atoms with van der Waals surface area (Å²) in [6, 6.07) is 6.72. The van der Waals surface area contributed by atoms with Crippen molar-refractivity contribution in [3.63, 3.8) is 0 Å². The van der Waals surface area contributed by atoms with E-state index in [0.717, 1.165) is 19.4 Å². The fourth-order valence-corrected chi connectivity index (χ4v) is 3.15. The molecule has 0 radical (unpaired) electrons. The van der Waals surface area contributed by atoms with Crippen molar-refractivity contribution >= 4 is 5.91 Å². The smallest absolute Gasteiger partial charge is 0.246 e. The van der Waals surface area contributed by atoms with Crippen LogP contribution in [0.5, 0.6) is 0 Å². The minimum Gasteiger partial charge on any atom is -0.347 e. The topological polar surface area (TPSA) is 71.3 Å². The van der Waals surface area contributed by atoms with Crippen LogP contribution in [0.2, 0.25) is 0 Å². The van der Waals surface area contributed by atoms with Gasteiger partial charge in [0.2, 0.25) is 17.6 Å². The maximum Gasteiger partial charge on any atom is 0.246 e. The molecular formula is C18H23FN4O2. The molecule has 1 aliphatic heterocycles. The molecule has 2 heterocycles. The lowest BCUT2D eigenvalue weighted by molar-refractivity contribution is -0.121. The number of piperidine rings is 1. The number of carbonyl (C=O) groups is 1. The molecule has 1 amide bonds. The third kappa shape index (κ3) is 4.63. The van der Waals surface area contributed by atoms with E-state index in [-0.39, 0.29) is 29.7 Å². The third-order valence-corrected chi connectivity index (χ3v) is 4.65. The molecule has 3 rings (SSSR count). The van der Waals surface area contributed by atoms with Gasteiger partial charge in [-0.15, -0.1) is 0 Å². The normalized spacial score (nSPS) is 18.2. The van der Waals surface area contributed by atoms with Gasteiger partial charge in [0.15, 0.2) is 0 Å². The number of halogens is 1. The highest BCUT2D eigenvalue weighted by Gasteiger charge is 2.19. The second-order valence-electron chi connectivity index (χ2n) is 6.44. The summed E-state index contributed by atoms with van der Waals surface area (Å²) in [4.78, 5) is 18.5. The number of nitrogens with one attached hydrogen (secondary N) is 1. The van der Waals surface area contributed by atoms with Gasteiger partial charge in [0.25, 0.3) is 0 Å². The van der Waals surface area contributed by atoms with Gasteiger partial charge in [0, 0.05) is 12.5 Å². The van der Waals surface area contributed by atoms with Crippen LogP contribution in [0.15, 0.2) is 28.8 Å². The molecule has 0 aliphatic carbocycles. The van der Waals surface area contributed by atoms with Crippen molar-refractivity contribution in [3.05, 3.63) is 36.0 Å². The van der Waals surface area contributed by atoms with Crippen molar-refractivity contribution in [1.29, 1.82) is 0 Å². The van der Waals surface area contributed by atoms with E-state index in [9.17, 15) is 9.18 Å². The van der Waals surface area contributed by atoms with Gasteiger partial charge in [0.1, 0.15) is 5.82 Å². The Kier molecular flexibility index (Phi) is 5.75. The lowest BCUT2D eigenvalue weighted by Gasteiger charge is -2.32. The predicted molar refractivity (Wildman–Crippen MR) is 91.0 cm³/mol. The number of amides is 1. The molecule has 6 nitrogen and oxygen atoms in total. The van der Waals surface area contributed by atoms with Crippen molar-refractivity contribution in [2.45, 2.75) is 44.7 Å².